The molecule has 0 saturated heterocycles. The maximum absolute atomic E-state index is 5.21. The molecule has 3 nitrogen and oxygen atoms in total. The summed E-state index contributed by atoms with van der Waals surface area (Å²) in [5, 5.41) is 7.52. The minimum atomic E-state index is 0.139. The summed E-state index contributed by atoms with van der Waals surface area (Å²) in [6.45, 7) is 11.4. The maximum atomic E-state index is 5.21. The van der Waals surface area contributed by atoms with Gasteiger partial charge >= 0.3 is 0 Å². The van der Waals surface area contributed by atoms with Gasteiger partial charge < -0.3 is 9.84 Å². The fourth-order valence-corrected chi connectivity index (χ4v) is 3.11. The molecule has 0 aliphatic carbocycles. The standard InChI is InChI=1S/C17H24N2OS/c1-12-16(13(2)20-19-12)11-21-15-8-6-7-14(9-15)10-18-17(3,4)5/h6-9,18H,10-11H2,1-5H3. The number of hydrogen-bond acceptors (Lipinski definition) is 4. The highest BCUT2D eigenvalue weighted by Crippen LogP contribution is 2.26. The molecular weight excluding hydrogens is 280 g/mol. The molecule has 1 N–H and O–H groups in total. The van der Waals surface area contributed by atoms with Gasteiger partial charge in [0.1, 0.15) is 5.76 Å². The van der Waals surface area contributed by atoms with E-state index in [4.69, 9.17) is 4.52 Å². The number of nitrogens with one attached hydrogen (secondary N) is 1. The summed E-state index contributed by atoms with van der Waals surface area (Å²) >= 11 is 1.83. The van der Waals surface area contributed by atoms with Gasteiger partial charge in [-0.15, -0.1) is 11.8 Å². The Kier molecular flexibility index (Phi) is 5.12. The molecule has 1 aromatic carbocycles. The van der Waals surface area contributed by atoms with Gasteiger partial charge in [0.05, 0.1) is 5.69 Å². The minimum absolute atomic E-state index is 0.139. The SMILES string of the molecule is Cc1noc(C)c1CSc1cccc(CNC(C)(C)C)c1. The summed E-state index contributed by atoms with van der Waals surface area (Å²) < 4.78 is 5.21. The number of benzene rings is 1. The van der Waals surface area contributed by atoms with Crippen molar-refractivity contribution in [2.45, 2.75) is 57.4 Å². The Hall–Kier alpha value is -1.26. The van der Waals surface area contributed by atoms with Gasteiger partial charge in [-0.3, -0.25) is 0 Å². The van der Waals surface area contributed by atoms with Crippen molar-refractivity contribution in [2.24, 2.45) is 0 Å². The Morgan fingerprint density at radius 2 is 2.00 bits per heavy atom. The van der Waals surface area contributed by atoms with Crippen LogP contribution >= 0.6 is 11.8 Å². The Bertz CT molecular complexity index is 580. The number of aromatic nitrogens is 1. The summed E-state index contributed by atoms with van der Waals surface area (Å²) in [6.07, 6.45) is 0. The van der Waals surface area contributed by atoms with Crippen LogP contribution < -0.4 is 5.32 Å². The summed E-state index contributed by atoms with van der Waals surface area (Å²) in [5.41, 5.74) is 3.65. The Balaban J connectivity index is 1.98. The lowest BCUT2D eigenvalue weighted by molar-refractivity contribution is 0.392. The van der Waals surface area contributed by atoms with Crippen molar-refractivity contribution >= 4 is 11.8 Å². The molecule has 0 bridgehead atoms. The van der Waals surface area contributed by atoms with E-state index in [0.29, 0.717) is 0 Å². The van der Waals surface area contributed by atoms with E-state index >= 15 is 0 Å². The lowest BCUT2D eigenvalue weighted by atomic mass is 10.1. The van der Waals surface area contributed by atoms with E-state index in [2.05, 4.69) is 55.5 Å². The van der Waals surface area contributed by atoms with Gasteiger partial charge in [0.2, 0.25) is 0 Å². The van der Waals surface area contributed by atoms with Gasteiger partial charge in [-0.2, -0.15) is 0 Å². The molecule has 1 heterocycles. The molecular formula is C17H24N2OS. The molecule has 0 amide bonds. The van der Waals surface area contributed by atoms with Crippen LogP contribution in [0.2, 0.25) is 0 Å². The van der Waals surface area contributed by atoms with E-state index in [-0.39, 0.29) is 5.54 Å². The van der Waals surface area contributed by atoms with Crippen molar-refractivity contribution < 1.29 is 4.52 Å². The highest BCUT2D eigenvalue weighted by Gasteiger charge is 2.10. The van der Waals surface area contributed by atoms with Gasteiger partial charge in [0.15, 0.2) is 0 Å². The third-order valence-electron chi connectivity index (χ3n) is 3.29. The molecule has 4 heteroatoms. The first kappa shape index (κ1) is 16.1. The van der Waals surface area contributed by atoms with Gasteiger partial charge in [-0.1, -0.05) is 17.3 Å². The monoisotopic (exact) mass is 304 g/mol. The fourth-order valence-electron chi connectivity index (χ4n) is 1.98. The number of thioether (sulfide) groups is 1. The highest BCUT2D eigenvalue weighted by molar-refractivity contribution is 7.98. The highest BCUT2D eigenvalue weighted by atomic mass is 32.2. The van der Waals surface area contributed by atoms with E-state index < -0.39 is 0 Å². The topological polar surface area (TPSA) is 38.1 Å². The first-order valence-corrected chi connectivity index (χ1v) is 8.22. The van der Waals surface area contributed by atoms with Crippen molar-refractivity contribution in [1.29, 1.82) is 0 Å². The predicted molar refractivity (Wildman–Crippen MR) is 88.6 cm³/mol. The first-order chi connectivity index (χ1) is 9.85. The predicted octanol–water partition coefficient (Wildman–Crippen LogP) is 4.47. The molecule has 0 atom stereocenters. The number of nitrogens with zero attached hydrogens (tertiary/aromatic N) is 1. The zero-order valence-corrected chi connectivity index (χ0v) is 14.3. The molecule has 0 saturated carbocycles. The minimum Gasteiger partial charge on any atom is -0.361 e. The van der Waals surface area contributed by atoms with Crippen LogP contribution in [0.5, 0.6) is 0 Å². The largest absolute Gasteiger partial charge is 0.361 e. The van der Waals surface area contributed by atoms with Crippen LogP contribution in [0, 0.1) is 13.8 Å². The van der Waals surface area contributed by atoms with E-state index in [0.717, 1.165) is 23.8 Å². The van der Waals surface area contributed by atoms with Crippen LogP contribution in [-0.4, -0.2) is 10.7 Å². The van der Waals surface area contributed by atoms with Gasteiger partial charge in [-0.25, -0.2) is 0 Å². The van der Waals surface area contributed by atoms with Crippen molar-refractivity contribution in [3.8, 4) is 0 Å². The third kappa shape index (κ3) is 4.90. The van der Waals surface area contributed by atoms with Crippen molar-refractivity contribution in [3.05, 3.63) is 46.8 Å². The zero-order valence-electron chi connectivity index (χ0n) is 13.5. The van der Waals surface area contributed by atoms with Gasteiger partial charge in [0.25, 0.3) is 0 Å². The number of hydrogen-bond donors (Lipinski definition) is 1. The zero-order chi connectivity index (χ0) is 15.5. The summed E-state index contributed by atoms with van der Waals surface area (Å²) in [6, 6.07) is 8.69. The van der Waals surface area contributed by atoms with E-state index in [1.807, 2.05) is 25.6 Å². The molecule has 114 valence electrons. The Morgan fingerprint density at radius 3 is 2.62 bits per heavy atom. The van der Waals surface area contributed by atoms with Gasteiger partial charge in [0, 0.05) is 28.3 Å². The van der Waals surface area contributed by atoms with Crippen LogP contribution in [0.25, 0.3) is 0 Å². The lowest BCUT2D eigenvalue weighted by Crippen LogP contribution is -2.35. The van der Waals surface area contributed by atoms with Crippen LogP contribution in [-0.2, 0) is 12.3 Å². The normalized spacial score (nSPS) is 11.9. The molecule has 0 unspecified atom stereocenters. The second kappa shape index (κ2) is 6.67. The summed E-state index contributed by atoms with van der Waals surface area (Å²) in [5.74, 6) is 1.82. The van der Waals surface area contributed by atoms with Gasteiger partial charge in [-0.05, 0) is 52.3 Å². The average molecular weight is 304 g/mol. The Morgan fingerprint density at radius 1 is 1.24 bits per heavy atom. The lowest BCUT2D eigenvalue weighted by Gasteiger charge is -2.20. The van der Waals surface area contributed by atoms with Crippen LogP contribution in [0.1, 0.15) is 43.4 Å². The molecule has 0 spiro atoms. The summed E-state index contributed by atoms with van der Waals surface area (Å²) in [7, 11) is 0. The van der Waals surface area contributed by atoms with E-state index in [1.165, 1.54) is 16.0 Å². The third-order valence-corrected chi connectivity index (χ3v) is 4.31. The molecule has 0 fully saturated rings. The molecule has 0 radical (unpaired) electrons. The fraction of sp³-hybridized carbons (Fsp3) is 0.471. The van der Waals surface area contributed by atoms with E-state index in [1.54, 1.807) is 0 Å². The number of aryl methyl sites for hydroxylation is 2. The number of rotatable bonds is 5. The molecule has 1 aromatic heterocycles. The second-order valence-electron chi connectivity index (χ2n) is 6.34. The average Bonchev–Trinajstić information content (AvgIpc) is 2.73. The first-order valence-electron chi connectivity index (χ1n) is 7.24. The molecule has 21 heavy (non-hydrogen) atoms. The quantitative estimate of drug-likeness (QED) is 0.827. The maximum Gasteiger partial charge on any atom is 0.137 e. The molecule has 0 aliphatic heterocycles. The van der Waals surface area contributed by atoms with Crippen LogP contribution in [0.3, 0.4) is 0 Å². The molecule has 2 rings (SSSR count). The van der Waals surface area contributed by atoms with Crippen LogP contribution in [0.15, 0.2) is 33.7 Å². The van der Waals surface area contributed by atoms with Crippen LogP contribution in [0.4, 0.5) is 0 Å². The van der Waals surface area contributed by atoms with Crippen molar-refractivity contribution in [1.82, 2.24) is 10.5 Å². The van der Waals surface area contributed by atoms with Crippen molar-refractivity contribution in [2.75, 3.05) is 0 Å². The molecule has 2 aromatic rings. The summed E-state index contributed by atoms with van der Waals surface area (Å²) in [4.78, 5) is 1.28. The molecule has 0 aliphatic rings. The smallest absolute Gasteiger partial charge is 0.137 e. The Labute approximate surface area is 131 Å². The second-order valence-corrected chi connectivity index (χ2v) is 7.39. The van der Waals surface area contributed by atoms with E-state index in [9.17, 15) is 0 Å². The van der Waals surface area contributed by atoms with Crippen molar-refractivity contribution in [3.63, 3.8) is 0 Å².